The molecule has 0 bridgehead atoms. The fourth-order valence-electron chi connectivity index (χ4n) is 4.59. The van der Waals surface area contributed by atoms with Gasteiger partial charge in [-0.25, -0.2) is 0 Å². The number of ketones is 1. The summed E-state index contributed by atoms with van der Waals surface area (Å²) >= 11 is 0. The molecule has 0 unspecified atom stereocenters. The smallest absolute Gasteiger partial charge is 0.233 e. The van der Waals surface area contributed by atoms with Crippen LogP contribution >= 0.6 is 0 Å². The molecule has 0 saturated heterocycles. The van der Waals surface area contributed by atoms with Crippen LogP contribution in [0.4, 0.5) is 5.88 Å². The van der Waals surface area contributed by atoms with Crippen LogP contribution in [0, 0.1) is 6.92 Å². The van der Waals surface area contributed by atoms with E-state index < -0.39 is 0 Å². The van der Waals surface area contributed by atoms with E-state index in [-0.39, 0.29) is 17.6 Å². The average Bonchev–Trinajstić information content (AvgIpc) is 3.13. The lowest BCUT2D eigenvalue weighted by Crippen LogP contribution is -2.29. The van der Waals surface area contributed by atoms with Crippen molar-refractivity contribution in [3.63, 3.8) is 0 Å². The molecule has 29 heavy (non-hydrogen) atoms. The zero-order valence-electron chi connectivity index (χ0n) is 16.4. The monoisotopic (exact) mass is 386 g/mol. The summed E-state index contributed by atoms with van der Waals surface area (Å²) < 4.78 is 11.0. The van der Waals surface area contributed by atoms with Gasteiger partial charge in [-0.15, -0.1) is 0 Å². The second kappa shape index (κ2) is 6.92. The van der Waals surface area contributed by atoms with Gasteiger partial charge in [-0.3, -0.25) is 4.79 Å². The Balaban J connectivity index is 1.63. The summed E-state index contributed by atoms with van der Waals surface area (Å²) in [7, 11) is 1.65. The number of aryl methyl sites for hydroxylation is 1. The molecule has 2 atom stereocenters. The predicted molar refractivity (Wildman–Crippen MR) is 110 cm³/mol. The highest BCUT2D eigenvalue weighted by Crippen LogP contribution is 2.49. The third-order valence-electron chi connectivity index (χ3n) is 5.96. The maximum absolute atomic E-state index is 13.4. The van der Waals surface area contributed by atoms with Crippen LogP contribution in [-0.2, 0) is 4.79 Å². The quantitative estimate of drug-likeness (QED) is 0.690. The first kappa shape index (κ1) is 17.7. The molecule has 2 heterocycles. The van der Waals surface area contributed by atoms with Crippen molar-refractivity contribution in [3.8, 4) is 5.75 Å². The van der Waals surface area contributed by atoms with E-state index in [1.165, 1.54) is 5.56 Å². The van der Waals surface area contributed by atoms with Crippen molar-refractivity contribution >= 4 is 11.7 Å². The molecule has 2 aromatic carbocycles. The Morgan fingerprint density at radius 2 is 1.86 bits per heavy atom. The third-order valence-corrected chi connectivity index (χ3v) is 5.96. The van der Waals surface area contributed by atoms with Crippen molar-refractivity contribution in [1.29, 1.82) is 0 Å². The standard InChI is InChI=1S/C24H22N2O3/c1-14-21-22(16-9-6-10-18(11-16)28-2)23-19(25-24(21)29-26-14)12-17(13-20(23)27)15-7-4-3-5-8-15/h3-11,17,22,25H,12-13H2,1-2H3/t17-,22+/m0/s1. The average molecular weight is 386 g/mol. The molecule has 0 saturated carbocycles. The fourth-order valence-corrected chi connectivity index (χ4v) is 4.59. The van der Waals surface area contributed by atoms with E-state index in [0.29, 0.717) is 12.3 Å². The van der Waals surface area contributed by atoms with Gasteiger partial charge >= 0.3 is 0 Å². The maximum atomic E-state index is 13.4. The predicted octanol–water partition coefficient (Wildman–Crippen LogP) is 4.95. The van der Waals surface area contributed by atoms with E-state index in [0.717, 1.165) is 40.3 Å². The van der Waals surface area contributed by atoms with Crippen molar-refractivity contribution in [2.24, 2.45) is 0 Å². The number of rotatable bonds is 3. The molecule has 0 spiro atoms. The van der Waals surface area contributed by atoms with E-state index >= 15 is 0 Å². The highest BCUT2D eigenvalue weighted by atomic mass is 16.5. The normalized spacial score (nSPS) is 20.7. The number of Topliss-reactive ketones (excluding diaryl/α,β-unsaturated/α-hetero) is 1. The van der Waals surface area contributed by atoms with Gasteiger partial charge in [0.05, 0.1) is 18.4 Å². The number of nitrogens with zero attached hydrogens (tertiary/aromatic N) is 1. The van der Waals surface area contributed by atoms with Crippen molar-refractivity contribution in [2.75, 3.05) is 12.4 Å². The third kappa shape index (κ3) is 2.94. The largest absolute Gasteiger partial charge is 0.497 e. The number of nitrogens with one attached hydrogen (secondary N) is 1. The second-order valence-corrected chi connectivity index (χ2v) is 7.68. The number of carbonyl (C=O) groups excluding carboxylic acids is 1. The molecular weight excluding hydrogens is 364 g/mol. The van der Waals surface area contributed by atoms with Crippen molar-refractivity contribution < 1.29 is 14.1 Å². The Bertz CT molecular complexity index is 1110. The van der Waals surface area contributed by atoms with Gasteiger partial charge in [0.15, 0.2) is 5.78 Å². The Morgan fingerprint density at radius 3 is 2.66 bits per heavy atom. The molecule has 5 heteroatoms. The SMILES string of the molecule is COc1cccc([C@H]2C3=C(C[C@H](c4ccccc4)CC3=O)Nc3onc(C)c32)c1. The molecule has 0 radical (unpaired) electrons. The Kier molecular flexibility index (Phi) is 4.23. The minimum atomic E-state index is -0.202. The lowest BCUT2D eigenvalue weighted by atomic mass is 9.72. The molecule has 0 fully saturated rings. The van der Waals surface area contributed by atoms with Crippen LogP contribution in [0.25, 0.3) is 0 Å². The van der Waals surface area contributed by atoms with Crippen molar-refractivity contribution in [1.82, 2.24) is 5.16 Å². The lowest BCUT2D eigenvalue weighted by Gasteiger charge is -2.34. The molecular formula is C24H22N2O3. The van der Waals surface area contributed by atoms with Crippen LogP contribution in [0.3, 0.4) is 0 Å². The van der Waals surface area contributed by atoms with E-state index in [1.54, 1.807) is 7.11 Å². The summed E-state index contributed by atoms with van der Waals surface area (Å²) in [6.45, 7) is 1.92. The molecule has 1 aromatic heterocycles. The van der Waals surface area contributed by atoms with Crippen LogP contribution in [0.1, 0.15) is 47.1 Å². The van der Waals surface area contributed by atoms with Crippen molar-refractivity contribution in [2.45, 2.75) is 31.6 Å². The minimum absolute atomic E-state index is 0.159. The number of hydrogen-bond donors (Lipinski definition) is 1. The van der Waals surface area contributed by atoms with E-state index in [1.807, 2.05) is 49.4 Å². The van der Waals surface area contributed by atoms with Gasteiger partial charge in [0, 0.05) is 23.6 Å². The van der Waals surface area contributed by atoms with Crippen LogP contribution in [0.2, 0.25) is 0 Å². The van der Waals surface area contributed by atoms with Gasteiger partial charge in [0.2, 0.25) is 5.88 Å². The molecule has 1 aliphatic carbocycles. The second-order valence-electron chi connectivity index (χ2n) is 7.68. The van der Waals surface area contributed by atoms with Crippen LogP contribution in [0.15, 0.2) is 70.4 Å². The van der Waals surface area contributed by atoms with Crippen LogP contribution in [0.5, 0.6) is 5.75 Å². The summed E-state index contributed by atoms with van der Waals surface area (Å²) in [6.07, 6.45) is 1.27. The minimum Gasteiger partial charge on any atom is -0.497 e. The number of hydrogen-bond acceptors (Lipinski definition) is 5. The van der Waals surface area contributed by atoms with E-state index in [2.05, 4.69) is 22.6 Å². The summed E-state index contributed by atoms with van der Waals surface area (Å²) in [6, 6.07) is 18.1. The number of aromatic nitrogens is 1. The maximum Gasteiger partial charge on any atom is 0.233 e. The Morgan fingerprint density at radius 1 is 1.07 bits per heavy atom. The van der Waals surface area contributed by atoms with Gasteiger partial charge in [-0.05, 0) is 42.5 Å². The molecule has 146 valence electrons. The van der Waals surface area contributed by atoms with Crippen LogP contribution < -0.4 is 10.1 Å². The molecule has 5 nitrogen and oxygen atoms in total. The van der Waals surface area contributed by atoms with Gasteiger partial charge in [-0.2, -0.15) is 0 Å². The molecule has 0 amide bonds. The first-order chi connectivity index (χ1) is 14.2. The zero-order chi connectivity index (χ0) is 20.0. The highest BCUT2D eigenvalue weighted by molar-refractivity contribution is 6.01. The van der Waals surface area contributed by atoms with Gasteiger partial charge in [0.25, 0.3) is 0 Å². The zero-order valence-corrected chi connectivity index (χ0v) is 16.4. The van der Waals surface area contributed by atoms with Gasteiger partial charge < -0.3 is 14.6 Å². The number of ether oxygens (including phenoxy) is 1. The first-order valence-corrected chi connectivity index (χ1v) is 9.84. The number of allylic oxidation sites excluding steroid dienone is 2. The number of benzene rings is 2. The number of fused-ring (bicyclic) bond motifs is 1. The molecule has 2 aliphatic rings. The van der Waals surface area contributed by atoms with E-state index in [9.17, 15) is 4.79 Å². The summed E-state index contributed by atoms with van der Waals surface area (Å²) in [5, 5.41) is 7.55. The van der Waals surface area contributed by atoms with Gasteiger partial charge in [0.1, 0.15) is 5.75 Å². The summed E-state index contributed by atoms with van der Waals surface area (Å²) in [4.78, 5) is 13.4. The number of carbonyl (C=O) groups is 1. The number of anilines is 1. The van der Waals surface area contributed by atoms with Crippen molar-refractivity contribution in [3.05, 3.63) is 88.3 Å². The molecule has 1 N–H and O–H groups in total. The Labute approximate surface area is 169 Å². The molecule has 1 aliphatic heterocycles. The molecule has 5 rings (SSSR count). The van der Waals surface area contributed by atoms with Crippen LogP contribution in [-0.4, -0.2) is 18.0 Å². The number of methoxy groups -OCH3 is 1. The fraction of sp³-hybridized carbons (Fsp3) is 0.250. The topological polar surface area (TPSA) is 64.4 Å². The van der Waals surface area contributed by atoms with Gasteiger partial charge in [-0.1, -0.05) is 47.6 Å². The Hall–Kier alpha value is -3.34. The summed E-state index contributed by atoms with van der Waals surface area (Å²) in [5.74, 6) is 1.53. The first-order valence-electron chi connectivity index (χ1n) is 9.84. The summed E-state index contributed by atoms with van der Waals surface area (Å²) in [5.41, 5.74) is 5.69. The molecule has 3 aromatic rings. The lowest BCUT2D eigenvalue weighted by molar-refractivity contribution is -0.116. The van der Waals surface area contributed by atoms with E-state index in [4.69, 9.17) is 9.26 Å². The highest BCUT2D eigenvalue weighted by Gasteiger charge is 2.41.